The highest BCUT2D eigenvalue weighted by Gasteiger charge is 2.17. The predicted molar refractivity (Wildman–Crippen MR) is 104 cm³/mol. The Kier molecular flexibility index (Phi) is 5.04. The van der Waals surface area contributed by atoms with Crippen LogP contribution in [0.1, 0.15) is 12.5 Å². The largest absolute Gasteiger partial charge is 0.497 e. The number of hydrogen-bond donors (Lipinski definition) is 2. The molecule has 1 aromatic heterocycles. The predicted octanol–water partition coefficient (Wildman–Crippen LogP) is 3.26. The number of amides is 1. The van der Waals surface area contributed by atoms with E-state index in [0.29, 0.717) is 17.1 Å². The summed E-state index contributed by atoms with van der Waals surface area (Å²) in [5.74, 6) is 0.909. The summed E-state index contributed by atoms with van der Waals surface area (Å²) < 4.78 is 5.19. The third kappa shape index (κ3) is 3.88. The molecule has 0 spiro atoms. The normalized spacial score (nSPS) is 10.1. The monoisotopic (exact) mass is 359 g/mol. The maximum absolute atomic E-state index is 11.2. The van der Waals surface area contributed by atoms with Crippen LogP contribution in [0.15, 0.2) is 54.6 Å². The van der Waals surface area contributed by atoms with E-state index in [0.717, 1.165) is 28.1 Å². The second-order valence-electron chi connectivity index (χ2n) is 5.98. The molecule has 3 aromatic rings. The Morgan fingerprint density at radius 1 is 1.11 bits per heavy atom. The zero-order valence-corrected chi connectivity index (χ0v) is 15.0. The first-order chi connectivity index (χ1) is 13.0. The molecule has 0 radical (unpaired) electrons. The van der Waals surface area contributed by atoms with E-state index in [2.05, 4.69) is 16.4 Å². The van der Waals surface area contributed by atoms with Crippen LogP contribution in [0.3, 0.4) is 0 Å². The number of carbonyl (C=O) groups excluding carboxylic acids is 1. The molecule has 4 N–H and O–H groups in total. The second kappa shape index (κ2) is 7.58. The number of nitrogens with zero attached hydrogens (tertiary/aromatic N) is 1. The molecule has 134 valence electrons. The quantitative estimate of drug-likeness (QED) is 0.746. The Labute approximate surface area is 157 Å². The van der Waals surface area contributed by atoms with E-state index in [1.807, 2.05) is 54.6 Å². The first kappa shape index (κ1) is 18.0. The van der Waals surface area contributed by atoms with E-state index in [-0.39, 0.29) is 5.91 Å². The van der Waals surface area contributed by atoms with Gasteiger partial charge in [-0.1, -0.05) is 12.1 Å². The number of hydrogen-bond acceptors (Lipinski definition) is 4. The number of rotatable bonds is 4. The van der Waals surface area contributed by atoms with Crippen molar-refractivity contribution < 1.29 is 14.5 Å². The van der Waals surface area contributed by atoms with Crippen LogP contribution in [-0.2, 0) is 4.79 Å². The van der Waals surface area contributed by atoms with Gasteiger partial charge in [-0.25, -0.2) is 4.98 Å². The number of nitrogens with two attached hydrogens (primary N) is 1. The summed E-state index contributed by atoms with van der Waals surface area (Å²) in [6.45, 7) is 1.46. The van der Waals surface area contributed by atoms with Gasteiger partial charge < -0.3 is 10.1 Å². The molecule has 2 aromatic carbocycles. The fourth-order valence-corrected chi connectivity index (χ4v) is 2.82. The first-order valence-corrected chi connectivity index (χ1v) is 8.30. The third-order valence-corrected chi connectivity index (χ3v) is 4.13. The molecule has 0 unspecified atom stereocenters. The highest BCUT2D eigenvalue weighted by molar-refractivity contribution is 5.89. The van der Waals surface area contributed by atoms with E-state index < -0.39 is 0 Å². The number of methoxy groups -OCH3 is 1. The number of aromatic nitrogens is 1. The van der Waals surface area contributed by atoms with Crippen LogP contribution < -0.4 is 20.8 Å². The maximum Gasteiger partial charge on any atom is 0.289 e. The van der Waals surface area contributed by atoms with Crippen molar-refractivity contribution in [2.24, 2.45) is 0 Å². The van der Waals surface area contributed by atoms with Gasteiger partial charge in [-0.2, -0.15) is 5.26 Å². The van der Waals surface area contributed by atoms with Crippen LogP contribution in [-0.4, -0.2) is 13.0 Å². The molecule has 27 heavy (non-hydrogen) atoms. The highest BCUT2D eigenvalue weighted by atomic mass is 16.5. The molecule has 0 saturated heterocycles. The summed E-state index contributed by atoms with van der Waals surface area (Å²) in [6, 6.07) is 18.9. The topological polar surface area (TPSA) is 102 Å². The smallest absolute Gasteiger partial charge is 0.289 e. The maximum atomic E-state index is 11.2. The molecule has 0 aliphatic carbocycles. The number of ether oxygens (including phenoxy) is 1. The van der Waals surface area contributed by atoms with Crippen LogP contribution in [0.25, 0.3) is 22.4 Å². The second-order valence-corrected chi connectivity index (χ2v) is 5.98. The Bertz CT molecular complexity index is 1020. The lowest BCUT2D eigenvalue weighted by Gasteiger charge is -2.09. The summed E-state index contributed by atoms with van der Waals surface area (Å²) in [5, 5.41) is 12.3. The van der Waals surface area contributed by atoms with Crippen molar-refractivity contribution in [3.05, 3.63) is 60.2 Å². The van der Waals surface area contributed by atoms with Crippen molar-refractivity contribution >= 4 is 17.4 Å². The molecule has 0 aliphatic rings. The number of pyridine rings is 1. The highest BCUT2D eigenvalue weighted by Crippen LogP contribution is 2.30. The molecule has 1 amide bonds. The fraction of sp³-hybridized carbons (Fsp3) is 0.0952. The zero-order chi connectivity index (χ0) is 19.4. The van der Waals surface area contributed by atoms with Crippen LogP contribution >= 0.6 is 0 Å². The molecule has 0 bridgehead atoms. The minimum atomic E-state index is -0.126. The van der Waals surface area contributed by atoms with Gasteiger partial charge in [-0.3, -0.25) is 10.5 Å². The lowest BCUT2D eigenvalue weighted by molar-refractivity contribution is -0.346. The lowest BCUT2D eigenvalue weighted by atomic mass is 9.98. The van der Waals surface area contributed by atoms with Crippen molar-refractivity contribution in [2.45, 2.75) is 6.92 Å². The molecule has 3 rings (SSSR count). The summed E-state index contributed by atoms with van der Waals surface area (Å²) in [4.78, 5) is 14.2. The van der Waals surface area contributed by atoms with Gasteiger partial charge in [0.2, 0.25) is 5.91 Å². The number of anilines is 2. The number of nitriles is 1. The van der Waals surface area contributed by atoms with E-state index in [4.69, 9.17) is 10.5 Å². The Morgan fingerprint density at radius 3 is 2.30 bits per heavy atom. The van der Waals surface area contributed by atoms with Gasteiger partial charge in [0.05, 0.1) is 7.11 Å². The van der Waals surface area contributed by atoms with Gasteiger partial charge in [-0.05, 0) is 48.0 Å². The van der Waals surface area contributed by atoms with Gasteiger partial charge in [0.25, 0.3) is 5.82 Å². The Morgan fingerprint density at radius 2 is 1.74 bits per heavy atom. The van der Waals surface area contributed by atoms with Gasteiger partial charge in [0.1, 0.15) is 23.1 Å². The van der Waals surface area contributed by atoms with Crippen LogP contribution in [0.2, 0.25) is 0 Å². The molecule has 0 fully saturated rings. The van der Waals surface area contributed by atoms with E-state index in [9.17, 15) is 10.1 Å². The van der Waals surface area contributed by atoms with Crippen LogP contribution in [0, 0.1) is 11.3 Å². The number of H-pyrrole nitrogens is 1. The fourth-order valence-electron chi connectivity index (χ4n) is 2.82. The Balaban J connectivity index is 2.06. The average Bonchev–Trinajstić information content (AvgIpc) is 2.67. The zero-order valence-electron chi connectivity index (χ0n) is 15.0. The van der Waals surface area contributed by atoms with Crippen molar-refractivity contribution in [3.8, 4) is 34.2 Å². The number of carbonyl (C=O) groups is 1. The minimum Gasteiger partial charge on any atom is -0.497 e. The van der Waals surface area contributed by atoms with Crippen molar-refractivity contribution in [2.75, 3.05) is 18.2 Å². The molecule has 0 saturated carbocycles. The summed E-state index contributed by atoms with van der Waals surface area (Å²) >= 11 is 0. The lowest BCUT2D eigenvalue weighted by Crippen LogP contribution is -2.16. The van der Waals surface area contributed by atoms with Crippen molar-refractivity contribution in [3.63, 3.8) is 0 Å². The molecule has 1 heterocycles. The van der Waals surface area contributed by atoms with Gasteiger partial charge in [0.15, 0.2) is 0 Å². The molecular weight excluding hydrogens is 340 g/mol. The van der Waals surface area contributed by atoms with E-state index >= 15 is 0 Å². The average molecular weight is 359 g/mol. The molecule has 0 aliphatic heterocycles. The number of benzene rings is 2. The van der Waals surface area contributed by atoms with Crippen molar-refractivity contribution in [1.82, 2.24) is 0 Å². The molecular formula is C21H19N4O2+. The van der Waals surface area contributed by atoms with E-state index in [1.54, 1.807) is 7.11 Å². The summed E-state index contributed by atoms with van der Waals surface area (Å²) in [7, 11) is 1.61. The number of nitrogen functional groups attached to an aromatic ring is 1. The minimum absolute atomic E-state index is 0.126. The third-order valence-electron chi connectivity index (χ3n) is 4.13. The molecule has 6 heteroatoms. The summed E-state index contributed by atoms with van der Waals surface area (Å²) in [6.07, 6.45) is 0. The van der Waals surface area contributed by atoms with Crippen LogP contribution in [0.5, 0.6) is 5.75 Å². The molecule has 6 nitrogen and oxygen atoms in total. The van der Waals surface area contributed by atoms with Crippen LogP contribution in [0.4, 0.5) is 11.5 Å². The van der Waals surface area contributed by atoms with Gasteiger partial charge in [-0.15, -0.1) is 0 Å². The SMILES string of the molecule is COc1ccc(-c2cc(-c3ccc(NC(C)=O)cc3)[nH+]c(N)c2C#N)cc1. The van der Waals surface area contributed by atoms with Gasteiger partial charge in [0, 0.05) is 23.7 Å². The number of aromatic amines is 1. The number of nitrogens with one attached hydrogen (secondary N) is 2. The van der Waals surface area contributed by atoms with Crippen molar-refractivity contribution in [1.29, 1.82) is 5.26 Å². The Hall–Kier alpha value is -3.85. The first-order valence-electron chi connectivity index (χ1n) is 8.30. The van der Waals surface area contributed by atoms with E-state index in [1.165, 1.54) is 6.92 Å². The molecule has 0 atom stereocenters. The van der Waals surface area contributed by atoms with Gasteiger partial charge >= 0.3 is 0 Å². The standard InChI is InChI=1S/C21H18N4O2/c1-13(26)24-16-7-3-15(4-8-16)20-11-18(19(12-22)21(23)25-20)14-5-9-17(27-2)10-6-14/h3-11H,1-2H3,(H2,23,25)(H,24,26)/p+1. The summed E-state index contributed by atoms with van der Waals surface area (Å²) in [5.41, 5.74) is 10.5.